The third kappa shape index (κ3) is 8.33. The van der Waals surface area contributed by atoms with Gasteiger partial charge in [0.25, 0.3) is 5.91 Å². The number of carbonyl (C=O) groups is 3. The highest BCUT2D eigenvalue weighted by Crippen LogP contribution is 2.32. The molecule has 0 bridgehead atoms. The molecule has 2 N–H and O–H groups in total. The Morgan fingerprint density at radius 3 is 2.13 bits per heavy atom. The molecule has 0 spiro atoms. The van der Waals surface area contributed by atoms with E-state index in [-0.39, 0.29) is 12.5 Å². The molecule has 3 atom stereocenters. The van der Waals surface area contributed by atoms with E-state index >= 15 is 0 Å². The van der Waals surface area contributed by atoms with E-state index < -0.39 is 35.6 Å². The monoisotopic (exact) mass is 555 g/mol. The van der Waals surface area contributed by atoms with Gasteiger partial charge in [0.1, 0.15) is 17.7 Å². The molecule has 0 heterocycles. The number of anilines is 1. The van der Waals surface area contributed by atoms with Gasteiger partial charge in [0.2, 0.25) is 5.91 Å². The second-order valence-electron chi connectivity index (χ2n) is 10.9. The fourth-order valence-electron chi connectivity index (χ4n) is 4.43. The average molecular weight is 556 g/mol. The summed E-state index contributed by atoms with van der Waals surface area (Å²) in [5, 5.41) is 6.13. The first-order valence-electron chi connectivity index (χ1n) is 13.2. The minimum Gasteiger partial charge on any atom is -0.444 e. The number of para-hydroxylation sites is 1. The Kier molecular flexibility index (Phi) is 11.2. The zero-order valence-electron chi connectivity index (χ0n) is 24.4. The van der Waals surface area contributed by atoms with Crippen molar-refractivity contribution in [3.63, 3.8) is 0 Å². The molecule has 0 fully saturated rings. The van der Waals surface area contributed by atoms with Crippen molar-refractivity contribution in [2.75, 3.05) is 11.9 Å². The van der Waals surface area contributed by atoms with E-state index in [4.69, 9.17) is 16.3 Å². The zero-order valence-corrected chi connectivity index (χ0v) is 25.1. The van der Waals surface area contributed by atoms with Gasteiger partial charge in [-0.1, -0.05) is 68.3 Å². The third-order valence-electron chi connectivity index (χ3n) is 6.61. The van der Waals surface area contributed by atoms with Gasteiger partial charge in [-0.25, -0.2) is 4.79 Å². The highest BCUT2D eigenvalue weighted by molar-refractivity contribution is 6.34. The van der Waals surface area contributed by atoms with Crippen molar-refractivity contribution in [1.82, 2.24) is 10.2 Å². The summed E-state index contributed by atoms with van der Waals surface area (Å²) in [7, 11) is 0. The number of amides is 3. The van der Waals surface area contributed by atoms with Crippen LogP contribution in [0.1, 0.15) is 69.3 Å². The van der Waals surface area contributed by atoms with Gasteiger partial charge in [-0.05, 0) is 75.8 Å². The normalized spacial score (nSPS) is 13.6. The number of halogens is 1. The summed E-state index contributed by atoms with van der Waals surface area (Å²) < 4.78 is 5.45. The first-order chi connectivity index (χ1) is 18.2. The van der Waals surface area contributed by atoms with E-state index in [1.165, 1.54) is 4.90 Å². The molecule has 0 saturated heterocycles. The Morgan fingerprint density at radius 2 is 1.62 bits per heavy atom. The van der Waals surface area contributed by atoms with E-state index in [1.807, 2.05) is 65.0 Å². The number of rotatable bonds is 10. The highest BCUT2D eigenvalue weighted by Gasteiger charge is 2.39. The largest absolute Gasteiger partial charge is 0.444 e. The van der Waals surface area contributed by atoms with Crippen LogP contribution in [0.25, 0.3) is 0 Å². The molecule has 39 heavy (non-hydrogen) atoms. The summed E-state index contributed by atoms with van der Waals surface area (Å²) in [6.45, 7) is 18.7. The standard InChI is InChI=1S/C31H42ClN3O4/c1-10-18-35(29(37)26(19(3)11-2)34-30(38)39-31(7,8)9)27(24-20(4)14-12-15-21(24)5)28(36)33-25-22(6)16-13-17-23(25)32/h10,12-17,19,26-27H,1,11,18H2,2-9H3,(H,33,36)(H,34,38). The summed E-state index contributed by atoms with van der Waals surface area (Å²) in [6.07, 6.45) is 1.50. The first kappa shape index (κ1) is 31.9. The number of nitrogens with zero attached hydrogens (tertiary/aromatic N) is 1. The average Bonchev–Trinajstić information content (AvgIpc) is 2.84. The Labute approximate surface area is 237 Å². The molecule has 0 aliphatic rings. The van der Waals surface area contributed by atoms with E-state index in [0.717, 1.165) is 16.7 Å². The van der Waals surface area contributed by atoms with Crippen LogP contribution in [-0.2, 0) is 14.3 Å². The molecule has 0 aliphatic heterocycles. The lowest BCUT2D eigenvalue weighted by atomic mass is 9.92. The van der Waals surface area contributed by atoms with Crippen LogP contribution in [0.15, 0.2) is 49.1 Å². The van der Waals surface area contributed by atoms with Gasteiger partial charge < -0.3 is 20.3 Å². The predicted molar refractivity (Wildman–Crippen MR) is 158 cm³/mol. The quantitative estimate of drug-likeness (QED) is 0.312. The Bertz CT molecular complexity index is 1160. The number of hydrogen-bond donors (Lipinski definition) is 2. The number of carbonyl (C=O) groups excluding carboxylic acids is 3. The second-order valence-corrected chi connectivity index (χ2v) is 11.3. The number of aryl methyl sites for hydroxylation is 3. The Balaban J connectivity index is 2.64. The van der Waals surface area contributed by atoms with Gasteiger partial charge in [-0.15, -0.1) is 6.58 Å². The number of alkyl carbamates (subject to hydrolysis) is 1. The lowest BCUT2D eigenvalue weighted by Crippen LogP contribution is -2.55. The summed E-state index contributed by atoms with van der Waals surface area (Å²) in [4.78, 5) is 42.6. The van der Waals surface area contributed by atoms with Crippen LogP contribution in [0.5, 0.6) is 0 Å². The maximum absolute atomic E-state index is 14.3. The van der Waals surface area contributed by atoms with Crippen LogP contribution in [0.3, 0.4) is 0 Å². The van der Waals surface area contributed by atoms with Gasteiger partial charge in [-0.2, -0.15) is 0 Å². The molecule has 0 aliphatic carbocycles. The fourth-order valence-corrected chi connectivity index (χ4v) is 4.70. The molecule has 0 aromatic heterocycles. The lowest BCUT2D eigenvalue weighted by molar-refractivity contribution is -0.141. The third-order valence-corrected chi connectivity index (χ3v) is 6.92. The topological polar surface area (TPSA) is 87.7 Å². The summed E-state index contributed by atoms with van der Waals surface area (Å²) in [6, 6.07) is 9.15. The van der Waals surface area contributed by atoms with Crippen LogP contribution in [-0.4, -0.2) is 41.0 Å². The molecule has 2 aromatic rings. The number of nitrogens with one attached hydrogen (secondary N) is 2. The molecule has 212 valence electrons. The molecule has 0 radical (unpaired) electrons. The molecule has 2 rings (SSSR count). The predicted octanol–water partition coefficient (Wildman–Crippen LogP) is 6.90. The van der Waals surface area contributed by atoms with Gasteiger partial charge in [0.05, 0.1) is 10.7 Å². The minimum atomic E-state index is -1.01. The first-order valence-corrected chi connectivity index (χ1v) is 13.6. The van der Waals surface area contributed by atoms with Crippen LogP contribution in [0, 0.1) is 26.7 Å². The SMILES string of the molecule is C=CCN(C(=O)C(NC(=O)OC(C)(C)C)C(C)CC)C(C(=O)Nc1c(C)cccc1Cl)c1c(C)cccc1C. The summed E-state index contributed by atoms with van der Waals surface area (Å²) in [5.41, 5.74) is 2.95. The number of benzene rings is 2. The zero-order chi connectivity index (χ0) is 29.5. The molecular weight excluding hydrogens is 514 g/mol. The van der Waals surface area contributed by atoms with E-state index in [1.54, 1.807) is 32.9 Å². The van der Waals surface area contributed by atoms with E-state index in [9.17, 15) is 14.4 Å². The van der Waals surface area contributed by atoms with Gasteiger partial charge in [0.15, 0.2) is 0 Å². The Morgan fingerprint density at radius 1 is 1.05 bits per heavy atom. The molecular formula is C31H42ClN3O4. The lowest BCUT2D eigenvalue weighted by Gasteiger charge is -2.36. The van der Waals surface area contributed by atoms with Crippen molar-refractivity contribution in [2.45, 2.75) is 79.5 Å². The molecule has 0 saturated carbocycles. The maximum Gasteiger partial charge on any atom is 0.408 e. The van der Waals surface area contributed by atoms with Crippen molar-refractivity contribution in [1.29, 1.82) is 0 Å². The van der Waals surface area contributed by atoms with Crippen molar-refractivity contribution in [3.05, 3.63) is 76.3 Å². The molecule has 8 heteroatoms. The maximum atomic E-state index is 14.3. The van der Waals surface area contributed by atoms with Gasteiger partial charge in [0, 0.05) is 6.54 Å². The van der Waals surface area contributed by atoms with Crippen molar-refractivity contribution in [2.24, 2.45) is 5.92 Å². The molecule has 3 unspecified atom stereocenters. The van der Waals surface area contributed by atoms with E-state index in [0.29, 0.717) is 22.7 Å². The summed E-state index contributed by atoms with van der Waals surface area (Å²) in [5.74, 6) is -1.06. The summed E-state index contributed by atoms with van der Waals surface area (Å²) >= 11 is 6.44. The van der Waals surface area contributed by atoms with Gasteiger partial charge in [-0.3, -0.25) is 9.59 Å². The Hall–Kier alpha value is -3.32. The number of hydrogen-bond acceptors (Lipinski definition) is 4. The molecule has 3 amide bonds. The molecule has 7 nitrogen and oxygen atoms in total. The smallest absolute Gasteiger partial charge is 0.408 e. The van der Waals surface area contributed by atoms with Crippen LogP contribution in [0.4, 0.5) is 10.5 Å². The fraction of sp³-hybridized carbons (Fsp3) is 0.452. The van der Waals surface area contributed by atoms with Gasteiger partial charge >= 0.3 is 6.09 Å². The second kappa shape index (κ2) is 13.7. The van der Waals surface area contributed by atoms with Crippen molar-refractivity contribution in [3.8, 4) is 0 Å². The van der Waals surface area contributed by atoms with Crippen molar-refractivity contribution < 1.29 is 19.1 Å². The van der Waals surface area contributed by atoms with Crippen LogP contribution < -0.4 is 10.6 Å². The van der Waals surface area contributed by atoms with Crippen LogP contribution >= 0.6 is 11.6 Å². The van der Waals surface area contributed by atoms with Crippen molar-refractivity contribution >= 4 is 35.2 Å². The number of ether oxygens (including phenoxy) is 1. The highest BCUT2D eigenvalue weighted by atomic mass is 35.5. The van der Waals surface area contributed by atoms with E-state index in [2.05, 4.69) is 17.2 Å². The minimum absolute atomic E-state index is 0.0785. The van der Waals surface area contributed by atoms with Crippen LogP contribution in [0.2, 0.25) is 5.02 Å². The molecule has 2 aromatic carbocycles.